The van der Waals surface area contributed by atoms with Gasteiger partial charge in [-0.3, -0.25) is 0 Å². The van der Waals surface area contributed by atoms with Crippen LogP contribution in [0.2, 0.25) is 0 Å². The Balaban J connectivity index is 1.50. The summed E-state index contributed by atoms with van der Waals surface area (Å²) < 4.78 is 48.9. The van der Waals surface area contributed by atoms with Gasteiger partial charge in [0, 0.05) is 31.3 Å². The summed E-state index contributed by atoms with van der Waals surface area (Å²) >= 11 is 1.44. The second-order valence-electron chi connectivity index (χ2n) is 8.52. The molecule has 0 amide bonds. The third-order valence-corrected chi connectivity index (χ3v) is 6.85. The summed E-state index contributed by atoms with van der Waals surface area (Å²) in [5, 5.41) is 5.86. The number of ether oxygens (including phenoxy) is 1. The van der Waals surface area contributed by atoms with Crippen molar-refractivity contribution in [2.45, 2.75) is 83.0 Å². The van der Waals surface area contributed by atoms with Crippen LogP contribution >= 0.6 is 11.3 Å². The first kappa shape index (κ1) is 24.1. The molecule has 0 radical (unpaired) electrons. The summed E-state index contributed by atoms with van der Waals surface area (Å²) in [6.45, 7) is 2.59. The molecule has 174 valence electrons. The molecule has 0 saturated heterocycles. The van der Waals surface area contributed by atoms with Crippen LogP contribution in [0.25, 0.3) is 11.4 Å². The average Bonchev–Trinajstić information content (AvgIpc) is 3.36. The van der Waals surface area contributed by atoms with Crippen LogP contribution in [0.3, 0.4) is 0 Å². The van der Waals surface area contributed by atoms with Crippen molar-refractivity contribution in [1.82, 2.24) is 9.55 Å². The molecule has 2 aromatic rings. The number of aromatic nitrogens is 2. The Morgan fingerprint density at radius 3 is 2.68 bits per heavy atom. The van der Waals surface area contributed by atoms with Gasteiger partial charge in [-0.1, -0.05) is 39.0 Å². The lowest BCUT2D eigenvalue weighted by molar-refractivity contribution is -0.216. The predicted molar refractivity (Wildman–Crippen MR) is 120 cm³/mol. The molecule has 1 saturated carbocycles. The first-order valence-electron chi connectivity index (χ1n) is 11.4. The van der Waals surface area contributed by atoms with Crippen LogP contribution < -0.4 is 5.32 Å². The SMILES string of the molecule is CCCCCCCCOC1CCC(Nc2nc(-c3cccn3C)cs2)CC1C(F)(F)F. The van der Waals surface area contributed by atoms with E-state index in [-0.39, 0.29) is 12.5 Å². The van der Waals surface area contributed by atoms with E-state index in [1.54, 1.807) is 0 Å². The number of aryl methyl sites for hydroxylation is 1. The van der Waals surface area contributed by atoms with Crippen LogP contribution in [0, 0.1) is 5.92 Å². The Bertz CT molecular complexity index is 789. The van der Waals surface area contributed by atoms with Crippen molar-refractivity contribution in [3.05, 3.63) is 23.7 Å². The summed E-state index contributed by atoms with van der Waals surface area (Å²) in [4.78, 5) is 4.58. The lowest BCUT2D eigenvalue weighted by Gasteiger charge is -2.37. The van der Waals surface area contributed by atoms with E-state index in [9.17, 15) is 13.2 Å². The fourth-order valence-corrected chi connectivity index (χ4v) is 5.08. The highest BCUT2D eigenvalue weighted by atomic mass is 32.1. The molecule has 1 N–H and O–H groups in total. The van der Waals surface area contributed by atoms with E-state index in [4.69, 9.17) is 4.74 Å². The van der Waals surface area contributed by atoms with Crippen molar-refractivity contribution >= 4 is 16.5 Å². The third kappa shape index (κ3) is 6.97. The molecule has 2 aromatic heterocycles. The summed E-state index contributed by atoms with van der Waals surface area (Å²) in [7, 11) is 1.95. The highest BCUT2D eigenvalue weighted by Gasteiger charge is 2.48. The molecule has 31 heavy (non-hydrogen) atoms. The van der Waals surface area contributed by atoms with Gasteiger partial charge < -0.3 is 14.6 Å². The lowest BCUT2D eigenvalue weighted by atomic mass is 9.82. The van der Waals surface area contributed by atoms with Gasteiger partial charge in [0.2, 0.25) is 0 Å². The largest absolute Gasteiger partial charge is 0.394 e. The molecule has 3 atom stereocenters. The lowest BCUT2D eigenvalue weighted by Crippen LogP contribution is -2.44. The molecular weight excluding hydrogens is 423 g/mol. The van der Waals surface area contributed by atoms with Crippen molar-refractivity contribution in [3.8, 4) is 11.4 Å². The Morgan fingerprint density at radius 1 is 1.19 bits per heavy atom. The van der Waals surface area contributed by atoms with Crippen LogP contribution in [0.1, 0.15) is 64.7 Å². The maximum atomic E-state index is 13.7. The van der Waals surface area contributed by atoms with Crippen LogP contribution in [0.4, 0.5) is 18.3 Å². The van der Waals surface area contributed by atoms with Crippen molar-refractivity contribution in [2.75, 3.05) is 11.9 Å². The Labute approximate surface area is 187 Å². The van der Waals surface area contributed by atoms with E-state index in [2.05, 4.69) is 17.2 Å². The highest BCUT2D eigenvalue weighted by Crippen LogP contribution is 2.40. The zero-order chi connectivity index (χ0) is 22.3. The first-order valence-corrected chi connectivity index (χ1v) is 12.3. The maximum absolute atomic E-state index is 13.7. The normalized spacial score (nSPS) is 22.0. The number of alkyl halides is 3. The minimum absolute atomic E-state index is 0.0315. The standard InChI is InChI=1S/C23H34F3N3OS/c1-3-4-5-6-7-8-14-30-21-12-11-17(15-18(21)23(24,25)26)27-22-28-19(16-31-22)20-10-9-13-29(20)2/h9-10,13,16-18,21H,3-8,11-12,14-15H2,1-2H3,(H,27,28). The molecule has 3 unspecified atom stereocenters. The number of thiazole rings is 1. The third-order valence-electron chi connectivity index (χ3n) is 6.08. The molecule has 0 bridgehead atoms. The summed E-state index contributed by atoms with van der Waals surface area (Å²) in [5.74, 6) is -1.42. The Hall–Kier alpha value is -1.54. The quantitative estimate of drug-likeness (QED) is 0.368. The number of nitrogens with one attached hydrogen (secondary N) is 1. The molecule has 8 heteroatoms. The number of nitrogens with zero attached hydrogens (tertiary/aromatic N) is 2. The molecule has 1 aliphatic rings. The zero-order valence-electron chi connectivity index (χ0n) is 18.5. The number of unbranched alkanes of at least 4 members (excludes halogenated alkanes) is 5. The Morgan fingerprint density at radius 2 is 1.97 bits per heavy atom. The van der Waals surface area contributed by atoms with Crippen LogP contribution in [-0.4, -0.2) is 34.5 Å². The Kier molecular flexibility index (Phi) is 8.84. The van der Waals surface area contributed by atoms with Crippen molar-refractivity contribution in [3.63, 3.8) is 0 Å². The van der Waals surface area contributed by atoms with Gasteiger partial charge in [0.05, 0.1) is 23.4 Å². The van der Waals surface area contributed by atoms with E-state index >= 15 is 0 Å². The number of anilines is 1. The fourth-order valence-electron chi connectivity index (χ4n) is 4.29. The van der Waals surface area contributed by atoms with E-state index in [1.807, 2.05) is 35.3 Å². The van der Waals surface area contributed by atoms with Crippen molar-refractivity contribution in [2.24, 2.45) is 13.0 Å². The molecule has 0 aliphatic heterocycles. The number of hydrogen-bond acceptors (Lipinski definition) is 4. The summed E-state index contributed by atoms with van der Waals surface area (Å²) in [6, 6.07) is 3.68. The molecule has 0 spiro atoms. The highest BCUT2D eigenvalue weighted by molar-refractivity contribution is 7.14. The van der Waals surface area contributed by atoms with Crippen LogP contribution in [0.5, 0.6) is 0 Å². The average molecular weight is 458 g/mol. The van der Waals surface area contributed by atoms with Gasteiger partial charge in [0.1, 0.15) is 0 Å². The van der Waals surface area contributed by atoms with Gasteiger partial charge in [-0.15, -0.1) is 11.3 Å². The van der Waals surface area contributed by atoms with E-state index in [0.29, 0.717) is 24.6 Å². The molecule has 2 heterocycles. The second-order valence-corrected chi connectivity index (χ2v) is 9.38. The van der Waals surface area contributed by atoms with E-state index in [1.165, 1.54) is 30.6 Å². The van der Waals surface area contributed by atoms with Gasteiger partial charge in [-0.2, -0.15) is 13.2 Å². The maximum Gasteiger partial charge on any atom is 0.394 e. The van der Waals surface area contributed by atoms with Gasteiger partial charge in [-0.25, -0.2) is 4.98 Å². The summed E-state index contributed by atoms with van der Waals surface area (Å²) in [5.41, 5.74) is 1.83. The molecule has 1 aliphatic carbocycles. The molecule has 4 nitrogen and oxygen atoms in total. The minimum atomic E-state index is -4.25. The monoisotopic (exact) mass is 457 g/mol. The van der Waals surface area contributed by atoms with E-state index < -0.39 is 18.2 Å². The second kappa shape index (κ2) is 11.4. The molecule has 3 rings (SSSR count). The van der Waals surface area contributed by atoms with Gasteiger partial charge in [0.15, 0.2) is 5.13 Å². The van der Waals surface area contributed by atoms with Crippen molar-refractivity contribution in [1.29, 1.82) is 0 Å². The fraction of sp³-hybridized carbons (Fsp3) is 0.696. The number of rotatable bonds is 11. The molecular formula is C23H34F3N3OS. The van der Waals surface area contributed by atoms with Gasteiger partial charge in [-0.05, 0) is 37.8 Å². The smallest absolute Gasteiger partial charge is 0.378 e. The van der Waals surface area contributed by atoms with Gasteiger partial charge in [0.25, 0.3) is 0 Å². The van der Waals surface area contributed by atoms with Crippen LogP contribution in [-0.2, 0) is 11.8 Å². The predicted octanol–water partition coefficient (Wildman–Crippen LogP) is 7.04. The molecule has 0 aromatic carbocycles. The number of hydrogen-bond donors (Lipinski definition) is 1. The van der Waals surface area contributed by atoms with Gasteiger partial charge >= 0.3 is 6.18 Å². The first-order chi connectivity index (χ1) is 14.9. The van der Waals surface area contributed by atoms with E-state index in [0.717, 1.165) is 30.7 Å². The topological polar surface area (TPSA) is 39.1 Å². The van der Waals surface area contributed by atoms with Crippen molar-refractivity contribution < 1.29 is 17.9 Å². The molecule has 1 fully saturated rings. The summed E-state index contributed by atoms with van der Waals surface area (Å²) in [6.07, 6.45) is 4.69. The zero-order valence-corrected chi connectivity index (χ0v) is 19.3. The number of halogens is 3. The minimum Gasteiger partial charge on any atom is -0.378 e. The van der Waals surface area contributed by atoms with Crippen LogP contribution in [0.15, 0.2) is 23.7 Å².